The summed E-state index contributed by atoms with van der Waals surface area (Å²) < 4.78 is 27.0. The van der Waals surface area contributed by atoms with Gasteiger partial charge in [0.05, 0.1) is 22.5 Å². The van der Waals surface area contributed by atoms with Crippen molar-refractivity contribution in [3.05, 3.63) is 16.4 Å². The van der Waals surface area contributed by atoms with Crippen molar-refractivity contribution in [3.63, 3.8) is 0 Å². The first kappa shape index (κ1) is 17.6. The fourth-order valence-electron chi connectivity index (χ4n) is 4.07. The average molecular weight is 383 g/mol. The standard InChI is InChI=1S/C18H21ClF2N4O/c1-10-14-9-22-25(11-4-6-18(20,21)7-5-11)17(14)24-16(23-10)13-3-2-12(13)15(26)8-19/h9,11-13,22H,1-8H2/t12-,13-/m1/s1. The molecule has 5 nitrogen and oxygen atoms in total. The van der Waals surface area contributed by atoms with Crippen molar-refractivity contribution >= 4 is 36.0 Å². The number of fused-ring (bicyclic) bond motifs is 1. The highest BCUT2D eigenvalue weighted by molar-refractivity contribution is 6.28. The fraction of sp³-hybridized carbons (Fsp3) is 0.611. The van der Waals surface area contributed by atoms with E-state index in [0.717, 1.165) is 18.1 Å². The van der Waals surface area contributed by atoms with Crippen molar-refractivity contribution < 1.29 is 13.6 Å². The van der Waals surface area contributed by atoms with Crippen LogP contribution >= 0.6 is 11.6 Å². The van der Waals surface area contributed by atoms with Crippen molar-refractivity contribution in [1.29, 1.82) is 0 Å². The van der Waals surface area contributed by atoms with Gasteiger partial charge in [0.2, 0.25) is 5.92 Å². The highest BCUT2D eigenvalue weighted by Gasteiger charge is 2.41. The van der Waals surface area contributed by atoms with Crippen LogP contribution in [0.15, 0.2) is 0 Å². The predicted octanol–water partition coefficient (Wildman–Crippen LogP) is 1.83. The highest BCUT2D eigenvalue weighted by atomic mass is 35.5. The van der Waals surface area contributed by atoms with Gasteiger partial charge < -0.3 is 5.43 Å². The summed E-state index contributed by atoms with van der Waals surface area (Å²) in [5, 5.41) is 3.23. The van der Waals surface area contributed by atoms with E-state index in [4.69, 9.17) is 16.6 Å². The monoisotopic (exact) mass is 382 g/mol. The second-order valence-corrected chi connectivity index (χ2v) is 7.65. The third-order valence-corrected chi connectivity index (χ3v) is 6.06. The summed E-state index contributed by atoms with van der Waals surface area (Å²) in [6.45, 7) is 4.01. The maximum absolute atomic E-state index is 13.5. The molecular formula is C18H21ClF2N4O. The summed E-state index contributed by atoms with van der Waals surface area (Å²) >= 11 is 5.70. The zero-order chi connectivity index (χ0) is 18.5. The van der Waals surface area contributed by atoms with Gasteiger partial charge in [-0.15, -0.1) is 11.6 Å². The summed E-state index contributed by atoms with van der Waals surface area (Å²) in [6, 6.07) is -0.0454. The van der Waals surface area contributed by atoms with Crippen LogP contribution < -0.4 is 21.0 Å². The number of Topliss-reactive ketones (excluding diaryl/α,β-unsaturated/α-hetero) is 1. The van der Waals surface area contributed by atoms with Crippen LogP contribution in [0.1, 0.15) is 50.3 Å². The van der Waals surface area contributed by atoms with E-state index in [1.807, 2.05) is 5.01 Å². The molecular weight excluding hydrogens is 362 g/mol. The first-order valence-corrected chi connectivity index (χ1v) is 9.52. The highest BCUT2D eigenvalue weighted by Crippen LogP contribution is 2.42. The molecule has 0 spiro atoms. The molecule has 1 aromatic heterocycles. The van der Waals surface area contributed by atoms with Gasteiger partial charge in [-0.05, 0) is 25.7 Å². The van der Waals surface area contributed by atoms with Crippen LogP contribution in [0.5, 0.6) is 0 Å². The number of hydrogen-bond donors (Lipinski definition) is 1. The number of ketones is 1. The largest absolute Gasteiger partial charge is 0.303 e. The molecule has 0 unspecified atom stereocenters. The maximum atomic E-state index is 13.5. The van der Waals surface area contributed by atoms with E-state index in [-0.39, 0.29) is 42.4 Å². The number of alkyl halides is 3. The molecule has 26 heavy (non-hydrogen) atoms. The quantitative estimate of drug-likeness (QED) is 0.805. The molecule has 2 aliphatic carbocycles. The molecule has 2 saturated carbocycles. The van der Waals surface area contributed by atoms with E-state index >= 15 is 0 Å². The van der Waals surface area contributed by atoms with Crippen LogP contribution in [0.25, 0.3) is 12.8 Å². The van der Waals surface area contributed by atoms with Gasteiger partial charge in [-0.1, -0.05) is 6.58 Å². The molecule has 0 radical (unpaired) electrons. The Morgan fingerprint density at radius 2 is 2.04 bits per heavy atom. The van der Waals surface area contributed by atoms with Gasteiger partial charge in [-0.3, -0.25) is 9.80 Å². The number of halogens is 3. The Bertz CT molecular complexity index is 836. The minimum atomic E-state index is -2.57. The molecule has 0 amide bonds. The molecule has 140 valence electrons. The molecule has 3 aliphatic rings. The lowest BCUT2D eigenvalue weighted by atomic mass is 9.71. The predicted molar refractivity (Wildman–Crippen MR) is 95.3 cm³/mol. The van der Waals surface area contributed by atoms with Crippen LogP contribution in [-0.4, -0.2) is 33.6 Å². The van der Waals surface area contributed by atoms with Crippen molar-refractivity contribution in [2.75, 3.05) is 10.9 Å². The second-order valence-electron chi connectivity index (χ2n) is 7.39. The van der Waals surface area contributed by atoms with Gasteiger partial charge in [0.25, 0.3) is 0 Å². The molecule has 2 heterocycles. The molecule has 2 atom stereocenters. The number of carbonyl (C=O) groups excluding carboxylic acids is 1. The molecule has 1 N–H and O–H groups in total. The lowest BCUT2D eigenvalue weighted by molar-refractivity contribution is -0.123. The summed E-state index contributed by atoms with van der Waals surface area (Å²) in [5.41, 5.74) is 3.14. The summed E-state index contributed by atoms with van der Waals surface area (Å²) in [5.74, 6) is -1.44. The number of nitrogens with one attached hydrogen (secondary N) is 1. The number of aromatic nitrogens is 2. The lowest BCUT2D eigenvalue weighted by Gasteiger charge is -2.36. The van der Waals surface area contributed by atoms with Crippen molar-refractivity contribution in [1.82, 2.24) is 15.4 Å². The maximum Gasteiger partial charge on any atom is 0.248 e. The molecule has 1 aliphatic heterocycles. The van der Waals surface area contributed by atoms with E-state index in [1.54, 1.807) is 6.20 Å². The van der Waals surface area contributed by atoms with Crippen LogP contribution in [-0.2, 0) is 4.79 Å². The van der Waals surface area contributed by atoms with Gasteiger partial charge in [0, 0.05) is 30.9 Å². The molecule has 4 rings (SSSR count). The minimum Gasteiger partial charge on any atom is -0.303 e. The van der Waals surface area contributed by atoms with E-state index in [0.29, 0.717) is 29.8 Å². The van der Waals surface area contributed by atoms with Crippen LogP contribution in [0.3, 0.4) is 0 Å². The molecule has 0 bridgehead atoms. The molecule has 2 fully saturated rings. The van der Waals surface area contributed by atoms with Crippen molar-refractivity contribution in [2.24, 2.45) is 5.92 Å². The number of hydrogen-bond acceptors (Lipinski definition) is 5. The summed E-state index contributed by atoms with van der Waals surface area (Å²) in [7, 11) is 0. The normalized spacial score (nSPS) is 27.3. The number of anilines is 1. The third kappa shape index (κ3) is 2.96. The second kappa shape index (κ2) is 6.44. The van der Waals surface area contributed by atoms with Gasteiger partial charge in [0.15, 0.2) is 11.6 Å². The first-order chi connectivity index (χ1) is 12.4. The Balaban J connectivity index is 1.61. The van der Waals surface area contributed by atoms with E-state index in [2.05, 4.69) is 17.0 Å². The summed E-state index contributed by atoms with van der Waals surface area (Å²) in [6.07, 6.45) is 3.99. The van der Waals surface area contributed by atoms with Crippen LogP contribution in [0.2, 0.25) is 0 Å². The molecule has 0 saturated heterocycles. The Hall–Kier alpha value is -1.76. The Labute approximate surface area is 155 Å². The van der Waals surface area contributed by atoms with Crippen LogP contribution in [0.4, 0.5) is 14.6 Å². The molecule has 8 heteroatoms. The SMILES string of the molecule is C=c1nc([C@@H]2CC[C@H]2C(=O)CCl)nc2c1=CNN2C1CCC(F)(F)CC1. The van der Waals surface area contributed by atoms with Gasteiger partial charge in [-0.2, -0.15) is 0 Å². The van der Waals surface area contributed by atoms with Crippen molar-refractivity contribution in [3.8, 4) is 0 Å². The smallest absolute Gasteiger partial charge is 0.248 e. The topological polar surface area (TPSA) is 58.1 Å². The number of rotatable bonds is 4. The number of nitrogens with zero attached hydrogens (tertiary/aromatic N) is 3. The van der Waals surface area contributed by atoms with Crippen molar-refractivity contribution in [2.45, 2.75) is 56.4 Å². The number of hydrazine groups is 1. The minimum absolute atomic E-state index is 0.00107. The van der Waals surface area contributed by atoms with Crippen LogP contribution in [0, 0.1) is 5.92 Å². The average Bonchev–Trinajstić information content (AvgIpc) is 2.98. The number of carbonyl (C=O) groups is 1. The Kier molecular flexibility index (Phi) is 4.37. The third-order valence-electron chi connectivity index (χ3n) is 5.80. The molecule has 1 aromatic rings. The first-order valence-electron chi connectivity index (χ1n) is 8.98. The lowest BCUT2D eigenvalue weighted by Crippen LogP contribution is -2.46. The van der Waals surface area contributed by atoms with E-state index in [9.17, 15) is 13.6 Å². The molecule has 0 aromatic carbocycles. The van der Waals surface area contributed by atoms with E-state index < -0.39 is 5.92 Å². The fourth-order valence-corrected chi connectivity index (χ4v) is 4.27. The van der Waals surface area contributed by atoms with Gasteiger partial charge in [0.1, 0.15) is 5.82 Å². The zero-order valence-electron chi connectivity index (χ0n) is 14.4. The summed E-state index contributed by atoms with van der Waals surface area (Å²) in [4.78, 5) is 21.2. The van der Waals surface area contributed by atoms with Gasteiger partial charge >= 0.3 is 0 Å². The Morgan fingerprint density at radius 3 is 2.65 bits per heavy atom. The Morgan fingerprint density at radius 1 is 1.31 bits per heavy atom. The zero-order valence-corrected chi connectivity index (χ0v) is 15.1. The van der Waals surface area contributed by atoms with E-state index in [1.165, 1.54) is 0 Å². The van der Waals surface area contributed by atoms with Gasteiger partial charge in [-0.25, -0.2) is 18.7 Å².